The Hall–Kier alpha value is -5.98. The molecule has 11 N–H and O–H groups in total. The average molecular weight is 681 g/mol. The van der Waals surface area contributed by atoms with Crippen molar-refractivity contribution < 1.29 is 74.5 Å². The van der Waals surface area contributed by atoms with Crippen molar-refractivity contribution in [3.63, 3.8) is 0 Å². The highest BCUT2D eigenvalue weighted by Crippen LogP contribution is 2.49. The first-order valence-corrected chi connectivity index (χ1v) is 14.3. The van der Waals surface area contributed by atoms with Gasteiger partial charge in [-0.3, -0.25) is 9.59 Å². The molecule has 3 heterocycles. The molecule has 1 fully saturated rings. The fourth-order valence-corrected chi connectivity index (χ4v) is 5.98. The third-order valence-electron chi connectivity index (χ3n) is 8.32. The lowest BCUT2D eigenvalue weighted by atomic mass is 9.96. The van der Waals surface area contributed by atoms with Gasteiger partial charge in [0.1, 0.15) is 86.0 Å². The molecule has 254 valence electrons. The SMILES string of the molecule is O=c1c2c(O)cc(O)cc2oc2c(O)cc(-c3c(O)cc(O)c4c(=O)c5c(OC6OC(CO)C(O)C(O)C6O)ccc(O)c5oc34)c(O)c12. The van der Waals surface area contributed by atoms with Crippen molar-refractivity contribution in [2.75, 3.05) is 6.61 Å². The van der Waals surface area contributed by atoms with Gasteiger partial charge in [-0.15, -0.1) is 0 Å². The molecule has 1 aliphatic rings. The molecule has 17 nitrogen and oxygen atoms in total. The summed E-state index contributed by atoms with van der Waals surface area (Å²) in [6, 6.07) is 5.42. The Morgan fingerprint density at radius 3 is 2.02 bits per heavy atom. The predicted molar refractivity (Wildman–Crippen MR) is 165 cm³/mol. The van der Waals surface area contributed by atoms with Crippen LogP contribution < -0.4 is 15.6 Å². The number of aliphatic hydroxyl groups excluding tert-OH is 4. The van der Waals surface area contributed by atoms with E-state index in [9.17, 15) is 65.8 Å². The van der Waals surface area contributed by atoms with Crippen LogP contribution in [0.1, 0.15) is 0 Å². The number of ether oxygens (including phenoxy) is 2. The fraction of sp³-hybridized carbons (Fsp3) is 0.188. The number of hydrogen-bond acceptors (Lipinski definition) is 17. The maximum absolute atomic E-state index is 14.0. The molecule has 5 unspecified atom stereocenters. The Morgan fingerprint density at radius 1 is 0.633 bits per heavy atom. The van der Waals surface area contributed by atoms with E-state index in [1.807, 2.05) is 0 Å². The van der Waals surface area contributed by atoms with Crippen LogP contribution in [0.2, 0.25) is 0 Å². The molecule has 7 rings (SSSR count). The van der Waals surface area contributed by atoms with Crippen molar-refractivity contribution in [1.29, 1.82) is 0 Å². The molecular formula is C32H24O17. The van der Waals surface area contributed by atoms with Gasteiger partial charge in [0.15, 0.2) is 28.2 Å². The second-order valence-corrected chi connectivity index (χ2v) is 11.3. The van der Waals surface area contributed by atoms with Crippen molar-refractivity contribution in [2.24, 2.45) is 0 Å². The lowest BCUT2D eigenvalue weighted by molar-refractivity contribution is -0.277. The number of rotatable bonds is 4. The van der Waals surface area contributed by atoms with Gasteiger partial charge in [0.05, 0.1) is 12.2 Å². The monoisotopic (exact) mass is 680 g/mol. The summed E-state index contributed by atoms with van der Waals surface area (Å²) in [4.78, 5) is 27.5. The minimum absolute atomic E-state index is 0.343. The lowest BCUT2D eigenvalue weighted by Crippen LogP contribution is -2.60. The molecule has 49 heavy (non-hydrogen) atoms. The average Bonchev–Trinajstić information content (AvgIpc) is 3.04. The highest BCUT2D eigenvalue weighted by molar-refractivity contribution is 6.09. The van der Waals surface area contributed by atoms with Gasteiger partial charge in [-0.1, -0.05) is 0 Å². The fourth-order valence-electron chi connectivity index (χ4n) is 5.98. The molecule has 0 spiro atoms. The second-order valence-electron chi connectivity index (χ2n) is 11.3. The minimum atomic E-state index is -1.89. The van der Waals surface area contributed by atoms with Crippen molar-refractivity contribution in [2.45, 2.75) is 30.7 Å². The summed E-state index contributed by atoms with van der Waals surface area (Å²) >= 11 is 0. The third kappa shape index (κ3) is 4.60. The van der Waals surface area contributed by atoms with Crippen molar-refractivity contribution in [3.05, 3.63) is 56.8 Å². The maximum Gasteiger partial charge on any atom is 0.229 e. The zero-order valence-corrected chi connectivity index (χ0v) is 24.4. The summed E-state index contributed by atoms with van der Waals surface area (Å²) in [5.74, 6) is -5.73. The van der Waals surface area contributed by atoms with Gasteiger partial charge in [-0.05, 0) is 18.2 Å². The van der Waals surface area contributed by atoms with Gasteiger partial charge in [-0.2, -0.15) is 0 Å². The Morgan fingerprint density at radius 2 is 1.31 bits per heavy atom. The summed E-state index contributed by atoms with van der Waals surface area (Å²) < 4.78 is 22.3. The Balaban J connectivity index is 1.49. The van der Waals surface area contributed by atoms with Crippen LogP contribution in [0.3, 0.4) is 0 Å². The molecule has 1 aliphatic heterocycles. The summed E-state index contributed by atoms with van der Waals surface area (Å²) in [5, 5.41) is 113. The van der Waals surface area contributed by atoms with Crippen molar-refractivity contribution in [3.8, 4) is 57.1 Å². The number of hydrogen-bond donors (Lipinski definition) is 11. The first kappa shape index (κ1) is 31.6. The number of phenols is 7. The first-order valence-electron chi connectivity index (χ1n) is 14.3. The van der Waals surface area contributed by atoms with Gasteiger partial charge >= 0.3 is 0 Å². The molecule has 6 aromatic rings. The normalized spacial score (nSPS) is 21.2. The van der Waals surface area contributed by atoms with Crippen molar-refractivity contribution in [1.82, 2.24) is 0 Å². The number of fused-ring (bicyclic) bond motifs is 4. The van der Waals surface area contributed by atoms with E-state index >= 15 is 0 Å². The zero-order valence-electron chi connectivity index (χ0n) is 24.4. The highest BCUT2D eigenvalue weighted by Gasteiger charge is 2.45. The van der Waals surface area contributed by atoms with Gasteiger partial charge in [0.25, 0.3) is 0 Å². The smallest absolute Gasteiger partial charge is 0.229 e. The molecule has 0 aliphatic carbocycles. The molecular weight excluding hydrogens is 656 g/mol. The van der Waals surface area contributed by atoms with E-state index < -0.39 is 144 Å². The van der Waals surface area contributed by atoms with Crippen LogP contribution in [-0.2, 0) is 4.74 Å². The molecule has 4 aromatic carbocycles. The quantitative estimate of drug-likeness (QED) is 0.0913. The van der Waals surface area contributed by atoms with E-state index in [2.05, 4.69) is 0 Å². The molecule has 1 saturated heterocycles. The topological polar surface area (TPSA) is 301 Å². The van der Waals surface area contributed by atoms with Crippen LogP contribution in [-0.4, -0.2) is 93.5 Å². The number of benzene rings is 4. The molecule has 17 heteroatoms. The van der Waals surface area contributed by atoms with Gasteiger partial charge in [0, 0.05) is 23.8 Å². The summed E-state index contributed by atoms with van der Waals surface area (Å²) in [6.07, 6.45) is -8.60. The molecule has 5 atom stereocenters. The Kier molecular flexibility index (Phi) is 7.12. The minimum Gasteiger partial charge on any atom is -0.508 e. The largest absolute Gasteiger partial charge is 0.508 e. The summed E-state index contributed by atoms with van der Waals surface area (Å²) in [6.45, 7) is -0.784. The molecule has 0 bridgehead atoms. The van der Waals surface area contributed by atoms with Crippen LogP contribution >= 0.6 is 0 Å². The van der Waals surface area contributed by atoms with E-state index in [1.54, 1.807) is 0 Å². The summed E-state index contributed by atoms with van der Waals surface area (Å²) in [7, 11) is 0. The van der Waals surface area contributed by atoms with E-state index in [-0.39, 0.29) is 5.58 Å². The number of phenolic OH excluding ortho intramolecular Hbond substituents is 7. The number of aliphatic hydroxyl groups is 4. The van der Waals surface area contributed by atoms with Gasteiger partial charge in [0.2, 0.25) is 17.1 Å². The van der Waals surface area contributed by atoms with E-state index in [0.29, 0.717) is 6.07 Å². The third-order valence-corrected chi connectivity index (χ3v) is 8.32. The van der Waals surface area contributed by atoms with E-state index in [1.165, 1.54) is 0 Å². The van der Waals surface area contributed by atoms with Crippen LogP contribution in [0.5, 0.6) is 46.0 Å². The van der Waals surface area contributed by atoms with E-state index in [4.69, 9.17) is 18.3 Å². The van der Waals surface area contributed by atoms with Crippen LogP contribution in [0.25, 0.3) is 55.0 Å². The molecule has 2 aromatic heterocycles. The van der Waals surface area contributed by atoms with Crippen LogP contribution in [0.4, 0.5) is 0 Å². The van der Waals surface area contributed by atoms with Crippen molar-refractivity contribution >= 4 is 43.9 Å². The van der Waals surface area contributed by atoms with E-state index in [0.717, 1.165) is 30.3 Å². The van der Waals surface area contributed by atoms with Gasteiger partial charge in [-0.25, -0.2) is 0 Å². The molecule has 0 radical (unpaired) electrons. The molecule has 0 amide bonds. The Bertz CT molecular complexity index is 2480. The summed E-state index contributed by atoms with van der Waals surface area (Å²) in [5.41, 5.74) is -5.47. The predicted octanol–water partition coefficient (Wildman–Crippen LogP) is 0.991. The number of aromatic hydroxyl groups is 7. The maximum atomic E-state index is 14.0. The lowest BCUT2D eigenvalue weighted by Gasteiger charge is -2.39. The molecule has 0 saturated carbocycles. The standard InChI is InChI=1S/C32H24O17/c33-7-17-24(41)27(44)28(45)32(48-17)47-15-2-1-10(35)29-21(15)26(43)20-13(38)6-12(37)18(31(20)49-29)9-5-14(39)30-22(23(9)40)25(42)19-11(36)3-8(34)4-16(19)46-30/h1-6,17,24,27-28,32-41,44-45H,7H2. The highest BCUT2D eigenvalue weighted by atomic mass is 16.7. The van der Waals surface area contributed by atoms with Crippen LogP contribution in [0, 0.1) is 0 Å². The first-order chi connectivity index (χ1) is 23.2. The van der Waals surface area contributed by atoms with Crippen LogP contribution in [0.15, 0.2) is 54.8 Å². The Labute approximate surface area is 269 Å². The van der Waals surface area contributed by atoms with Gasteiger partial charge < -0.3 is 74.5 Å². The zero-order chi connectivity index (χ0) is 35.2. The second kappa shape index (κ2) is 11.0.